The number of anilines is 1. The van der Waals surface area contributed by atoms with E-state index in [1.165, 1.54) is 7.11 Å². The molecule has 2 aliphatic rings. The Labute approximate surface area is 217 Å². The summed E-state index contributed by atoms with van der Waals surface area (Å²) in [6.07, 6.45) is 1.85. The van der Waals surface area contributed by atoms with Gasteiger partial charge in [0.25, 0.3) is 0 Å². The molecular formula is C26H35N5O6. The van der Waals surface area contributed by atoms with E-state index in [0.717, 1.165) is 29.9 Å². The van der Waals surface area contributed by atoms with Crippen LogP contribution in [0.2, 0.25) is 0 Å². The van der Waals surface area contributed by atoms with Crippen LogP contribution in [0.3, 0.4) is 0 Å². The average molecular weight is 514 g/mol. The first kappa shape index (κ1) is 26.6. The van der Waals surface area contributed by atoms with Crippen molar-refractivity contribution in [2.75, 3.05) is 78.7 Å². The summed E-state index contributed by atoms with van der Waals surface area (Å²) in [7, 11) is 4.67. The van der Waals surface area contributed by atoms with E-state index in [9.17, 15) is 9.59 Å². The van der Waals surface area contributed by atoms with E-state index in [1.54, 1.807) is 24.0 Å². The van der Waals surface area contributed by atoms with Gasteiger partial charge < -0.3 is 33.6 Å². The Morgan fingerprint density at radius 1 is 1.03 bits per heavy atom. The Hall–Kier alpha value is -3.44. The molecule has 2 fully saturated rings. The van der Waals surface area contributed by atoms with E-state index in [1.807, 2.05) is 30.3 Å². The fourth-order valence-corrected chi connectivity index (χ4v) is 4.60. The van der Waals surface area contributed by atoms with Crippen molar-refractivity contribution in [1.82, 2.24) is 20.0 Å². The van der Waals surface area contributed by atoms with Gasteiger partial charge in [0, 0.05) is 52.0 Å². The highest BCUT2D eigenvalue weighted by Crippen LogP contribution is 2.31. The Morgan fingerprint density at radius 2 is 1.81 bits per heavy atom. The van der Waals surface area contributed by atoms with E-state index >= 15 is 0 Å². The van der Waals surface area contributed by atoms with Crippen LogP contribution < -0.4 is 14.4 Å². The normalized spacial score (nSPS) is 17.5. The number of piperazine rings is 1. The molecule has 0 N–H and O–H groups in total. The van der Waals surface area contributed by atoms with Crippen LogP contribution in [0.4, 0.5) is 5.82 Å². The molecule has 2 aliphatic heterocycles. The third-order valence-electron chi connectivity index (χ3n) is 6.68. The maximum Gasteiger partial charge on any atom is 0.249 e. The van der Waals surface area contributed by atoms with Crippen LogP contribution in [0, 0.1) is 0 Å². The molecule has 3 heterocycles. The van der Waals surface area contributed by atoms with Crippen LogP contribution in [-0.2, 0) is 19.1 Å². The second-order valence-corrected chi connectivity index (χ2v) is 9.06. The van der Waals surface area contributed by atoms with Crippen LogP contribution in [0.1, 0.15) is 12.8 Å². The van der Waals surface area contributed by atoms with Gasteiger partial charge in [-0.1, -0.05) is 0 Å². The SMILES string of the molecule is COCC(=O)N(CC(=O)N1CCN(c2ccc(-c3ccc(OC)c(OC)c3)nn2)CC1)CC1CCCO1. The first-order valence-corrected chi connectivity index (χ1v) is 12.5. The number of carbonyl (C=O) groups is 2. The molecule has 2 aromatic rings. The van der Waals surface area contributed by atoms with Crippen molar-refractivity contribution in [3.63, 3.8) is 0 Å². The van der Waals surface area contributed by atoms with E-state index in [0.29, 0.717) is 50.8 Å². The van der Waals surface area contributed by atoms with Crippen LogP contribution in [-0.4, -0.2) is 112 Å². The zero-order valence-electron chi connectivity index (χ0n) is 21.7. The van der Waals surface area contributed by atoms with Gasteiger partial charge in [0.2, 0.25) is 11.8 Å². The fourth-order valence-electron chi connectivity index (χ4n) is 4.60. The van der Waals surface area contributed by atoms with Gasteiger partial charge in [0.1, 0.15) is 6.61 Å². The highest BCUT2D eigenvalue weighted by atomic mass is 16.5. The van der Waals surface area contributed by atoms with Gasteiger partial charge in [-0.05, 0) is 43.2 Å². The van der Waals surface area contributed by atoms with Gasteiger partial charge >= 0.3 is 0 Å². The van der Waals surface area contributed by atoms with Crippen molar-refractivity contribution in [1.29, 1.82) is 0 Å². The van der Waals surface area contributed by atoms with Crippen LogP contribution in [0.25, 0.3) is 11.3 Å². The zero-order chi connectivity index (χ0) is 26.2. The summed E-state index contributed by atoms with van der Waals surface area (Å²) in [5.41, 5.74) is 1.60. The molecule has 0 aliphatic carbocycles. The molecule has 37 heavy (non-hydrogen) atoms. The monoisotopic (exact) mass is 513 g/mol. The first-order chi connectivity index (χ1) is 18.0. The standard InChI is InChI=1S/C26H35N5O6/c1-34-18-26(33)31(16-20-5-4-14-37-20)17-25(32)30-12-10-29(11-13-30)24-9-7-21(27-28-24)19-6-8-22(35-2)23(15-19)36-3/h6-9,15,20H,4-5,10-14,16-18H2,1-3H3. The molecule has 1 aromatic carbocycles. The molecule has 1 aromatic heterocycles. The smallest absolute Gasteiger partial charge is 0.249 e. The Bertz CT molecular complexity index is 1050. The van der Waals surface area contributed by atoms with Crippen molar-refractivity contribution in [2.45, 2.75) is 18.9 Å². The number of carbonyl (C=O) groups excluding carboxylic acids is 2. The topological polar surface area (TPSA) is 107 Å². The third kappa shape index (κ3) is 6.66. The predicted octanol–water partition coefficient (Wildman–Crippen LogP) is 1.46. The number of amides is 2. The van der Waals surface area contributed by atoms with E-state index in [4.69, 9.17) is 18.9 Å². The number of nitrogens with zero attached hydrogens (tertiary/aromatic N) is 5. The van der Waals surface area contributed by atoms with Crippen LogP contribution in [0.5, 0.6) is 11.5 Å². The van der Waals surface area contributed by atoms with Crippen molar-refractivity contribution < 1.29 is 28.5 Å². The Kier molecular flexibility index (Phi) is 9.13. The predicted molar refractivity (Wildman–Crippen MR) is 137 cm³/mol. The van der Waals surface area contributed by atoms with E-state index in [-0.39, 0.29) is 31.1 Å². The summed E-state index contributed by atoms with van der Waals surface area (Å²) < 4.78 is 21.4. The van der Waals surface area contributed by atoms with Crippen LogP contribution >= 0.6 is 0 Å². The Morgan fingerprint density at radius 3 is 2.43 bits per heavy atom. The summed E-state index contributed by atoms with van der Waals surface area (Å²) in [5, 5.41) is 8.81. The molecule has 200 valence electrons. The molecule has 0 saturated carbocycles. The highest BCUT2D eigenvalue weighted by molar-refractivity contribution is 5.85. The Balaban J connectivity index is 1.32. The minimum absolute atomic E-state index is 0.0222. The van der Waals surface area contributed by atoms with Crippen LogP contribution in [0.15, 0.2) is 30.3 Å². The number of hydrogen-bond donors (Lipinski definition) is 0. The van der Waals surface area contributed by atoms with Gasteiger partial charge in [-0.2, -0.15) is 0 Å². The lowest BCUT2D eigenvalue weighted by Crippen LogP contribution is -2.53. The molecule has 2 saturated heterocycles. The van der Waals surface area contributed by atoms with Gasteiger partial charge in [-0.15, -0.1) is 10.2 Å². The number of hydrogen-bond acceptors (Lipinski definition) is 9. The molecule has 11 nitrogen and oxygen atoms in total. The lowest BCUT2D eigenvalue weighted by Gasteiger charge is -2.36. The molecule has 1 unspecified atom stereocenters. The fraction of sp³-hybridized carbons (Fsp3) is 0.538. The maximum absolute atomic E-state index is 13.0. The summed E-state index contributed by atoms with van der Waals surface area (Å²) in [5.74, 6) is 1.77. The zero-order valence-corrected chi connectivity index (χ0v) is 21.7. The number of benzene rings is 1. The van der Waals surface area contributed by atoms with Gasteiger partial charge in [0.05, 0.1) is 32.6 Å². The van der Waals surface area contributed by atoms with E-state index in [2.05, 4.69) is 15.1 Å². The minimum Gasteiger partial charge on any atom is -0.493 e. The van der Waals surface area contributed by atoms with E-state index < -0.39 is 0 Å². The summed E-state index contributed by atoms with van der Waals surface area (Å²) >= 11 is 0. The number of ether oxygens (including phenoxy) is 4. The second-order valence-electron chi connectivity index (χ2n) is 9.06. The molecule has 0 bridgehead atoms. The van der Waals surface area contributed by atoms with Crippen molar-refractivity contribution >= 4 is 17.6 Å². The molecule has 4 rings (SSSR count). The summed E-state index contributed by atoms with van der Waals surface area (Å²) in [6, 6.07) is 9.47. The molecule has 0 spiro atoms. The van der Waals surface area contributed by atoms with Gasteiger partial charge in [0.15, 0.2) is 17.3 Å². The lowest BCUT2D eigenvalue weighted by atomic mass is 10.1. The van der Waals surface area contributed by atoms with Crippen molar-refractivity contribution in [2.24, 2.45) is 0 Å². The lowest BCUT2D eigenvalue weighted by molar-refractivity contribution is -0.144. The number of rotatable bonds is 10. The summed E-state index contributed by atoms with van der Waals surface area (Å²) in [6.45, 7) is 3.45. The number of methoxy groups -OCH3 is 3. The largest absolute Gasteiger partial charge is 0.493 e. The van der Waals surface area contributed by atoms with Crippen molar-refractivity contribution in [3.05, 3.63) is 30.3 Å². The molecule has 1 atom stereocenters. The highest BCUT2D eigenvalue weighted by Gasteiger charge is 2.28. The molecule has 0 radical (unpaired) electrons. The second kappa shape index (κ2) is 12.7. The quantitative estimate of drug-likeness (QED) is 0.467. The third-order valence-corrected chi connectivity index (χ3v) is 6.68. The first-order valence-electron chi connectivity index (χ1n) is 12.5. The molecular weight excluding hydrogens is 478 g/mol. The van der Waals surface area contributed by atoms with Gasteiger partial charge in [-0.25, -0.2) is 0 Å². The molecule has 2 amide bonds. The number of aromatic nitrogens is 2. The van der Waals surface area contributed by atoms with Gasteiger partial charge in [-0.3, -0.25) is 9.59 Å². The molecule has 11 heteroatoms. The average Bonchev–Trinajstić information content (AvgIpc) is 3.46. The maximum atomic E-state index is 13.0. The minimum atomic E-state index is -0.199. The summed E-state index contributed by atoms with van der Waals surface area (Å²) in [4.78, 5) is 31.0. The van der Waals surface area contributed by atoms with Crippen molar-refractivity contribution in [3.8, 4) is 22.8 Å².